The molecule has 0 unspecified atom stereocenters. The lowest BCUT2D eigenvalue weighted by Gasteiger charge is -2.23. The standard InChI is InChI=1S/C18H20ClF3N4O/c1-27-14-8-7-11(19)9-13(14)24-16-10-15(18(20,21)22)25-17(26-16)23-12-5-3-2-4-6-12/h7-10,12H,2-6H2,1H3,(H2,23,24,25,26). The summed E-state index contributed by atoms with van der Waals surface area (Å²) in [4.78, 5) is 7.87. The fraction of sp³-hybridized carbons (Fsp3) is 0.444. The minimum Gasteiger partial charge on any atom is -0.495 e. The highest BCUT2D eigenvalue weighted by Crippen LogP contribution is 2.34. The zero-order valence-electron chi connectivity index (χ0n) is 14.7. The first-order valence-corrected chi connectivity index (χ1v) is 9.06. The van der Waals surface area contributed by atoms with Crippen LogP contribution in [-0.4, -0.2) is 23.1 Å². The van der Waals surface area contributed by atoms with E-state index in [2.05, 4.69) is 20.6 Å². The number of aromatic nitrogens is 2. The van der Waals surface area contributed by atoms with Crippen LogP contribution in [0.25, 0.3) is 0 Å². The lowest BCUT2D eigenvalue weighted by atomic mass is 9.96. The molecule has 1 heterocycles. The smallest absolute Gasteiger partial charge is 0.433 e. The first-order chi connectivity index (χ1) is 12.8. The number of alkyl halides is 3. The van der Waals surface area contributed by atoms with Gasteiger partial charge in [-0.3, -0.25) is 0 Å². The van der Waals surface area contributed by atoms with E-state index < -0.39 is 11.9 Å². The minimum atomic E-state index is -4.58. The summed E-state index contributed by atoms with van der Waals surface area (Å²) in [5, 5.41) is 6.31. The summed E-state index contributed by atoms with van der Waals surface area (Å²) in [6.45, 7) is 0. The van der Waals surface area contributed by atoms with Crippen LogP contribution >= 0.6 is 11.6 Å². The molecule has 27 heavy (non-hydrogen) atoms. The van der Waals surface area contributed by atoms with Gasteiger partial charge in [-0.2, -0.15) is 18.2 Å². The van der Waals surface area contributed by atoms with E-state index in [0.717, 1.165) is 38.2 Å². The topological polar surface area (TPSA) is 59.1 Å². The number of benzene rings is 1. The average Bonchev–Trinajstić information content (AvgIpc) is 2.62. The molecule has 0 radical (unpaired) electrons. The molecule has 0 bridgehead atoms. The van der Waals surface area contributed by atoms with Crippen LogP contribution in [0, 0.1) is 0 Å². The van der Waals surface area contributed by atoms with Gasteiger partial charge in [0.2, 0.25) is 5.95 Å². The van der Waals surface area contributed by atoms with Crippen molar-refractivity contribution < 1.29 is 17.9 Å². The van der Waals surface area contributed by atoms with Crippen molar-refractivity contribution in [3.8, 4) is 5.75 Å². The summed E-state index contributed by atoms with van der Waals surface area (Å²) in [6.07, 6.45) is 0.432. The zero-order chi connectivity index (χ0) is 19.4. The lowest BCUT2D eigenvalue weighted by Crippen LogP contribution is -2.24. The first-order valence-electron chi connectivity index (χ1n) is 8.68. The van der Waals surface area contributed by atoms with Gasteiger partial charge in [0.05, 0.1) is 12.8 Å². The van der Waals surface area contributed by atoms with Crippen LogP contribution in [0.15, 0.2) is 24.3 Å². The maximum absolute atomic E-state index is 13.3. The first kappa shape index (κ1) is 19.5. The second-order valence-corrected chi connectivity index (χ2v) is 6.85. The number of nitrogens with one attached hydrogen (secondary N) is 2. The second-order valence-electron chi connectivity index (χ2n) is 6.41. The van der Waals surface area contributed by atoms with Gasteiger partial charge in [-0.05, 0) is 31.0 Å². The van der Waals surface area contributed by atoms with E-state index in [1.165, 1.54) is 7.11 Å². The fourth-order valence-electron chi connectivity index (χ4n) is 3.07. The largest absolute Gasteiger partial charge is 0.495 e. The SMILES string of the molecule is COc1ccc(Cl)cc1Nc1cc(C(F)(F)F)nc(NC2CCCCC2)n1. The molecule has 0 atom stereocenters. The van der Waals surface area contributed by atoms with E-state index in [1.54, 1.807) is 18.2 Å². The third kappa shape index (κ3) is 5.15. The Hall–Kier alpha value is -2.22. The predicted molar refractivity (Wildman–Crippen MR) is 98.8 cm³/mol. The fourth-order valence-corrected chi connectivity index (χ4v) is 3.24. The molecule has 0 amide bonds. The van der Waals surface area contributed by atoms with Crippen molar-refractivity contribution in [1.82, 2.24) is 9.97 Å². The normalized spacial score (nSPS) is 15.4. The molecule has 146 valence electrons. The van der Waals surface area contributed by atoms with Crippen LogP contribution in [0.5, 0.6) is 5.75 Å². The van der Waals surface area contributed by atoms with Gasteiger partial charge < -0.3 is 15.4 Å². The number of rotatable bonds is 5. The lowest BCUT2D eigenvalue weighted by molar-refractivity contribution is -0.141. The monoisotopic (exact) mass is 400 g/mol. The van der Waals surface area contributed by atoms with Crippen LogP contribution in [0.2, 0.25) is 5.02 Å². The highest BCUT2D eigenvalue weighted by molar-refractivity contribution is 6.31. The van der Waals surface area contributed by atoms with E-state index in [1.807, 2.05) is 0 Å². The van der Waals surface area contributed by atoms with Crippen LogP contribution in [0.3, 0.4) is 0 Å². The van der Waals surface area contributed by atoms with Crippen molar-refractivity contribution in [1.29, 1.82) is 0 Å². The van der Waals surface area contributed by atoms with E-state index >= 15 is 0 Å². The number of ether oxygens (including phenoxy) is 1. The molecule has 0 spiro atoms. The Balaban J connectivity index is 1.91. The molecule has 1 aliphatic rings. The number of hydrogen-bond acceptors (Lipinski definition) is 5. The molecule has 0 aliphatic heterocycles. The number of hydrogen-bond donors (Lipinski definition) is 2. The molecule has 2 aromatic rings. The maximum atomic E-state index is 13.3. The van der Waals surface area contributed by atoms with Gasteiger partial charge in [0, 0.05) is 17.1 Å². The zero-order valence-corrected chi connectivity index (χ0v) is 15.5. The Morgan fingerprint density at radius 2 is 1.85 bits per heavy atom. The average molecular weight is 401 g/mol. The van der Waals surface area contributed by atoms with Crippen LogP contribution in [-0.2, 0) is 6.18 Å². The number of nitrogens with zero attached hydrogens (tertiary/aromatic N) is 2. The van der Waals surface area contributed by atoms with Crippen molar-refractivity contribution in [3.05, 3.63) is 35.0 Å². The Morgan fingerprint density at radius 3 is 2.52 bits per heavy atom. The summed E-state index contributed by atoms with van der Waals surface area (Å²) < 4.78 is 45.1. The molecule has 9 heteroatoms. The predicted octanol–water partition coefficient (Wildman–Crippen LogP) is 5.65. The maximum Gasteiger partial charge on any atom is 0.433 e. The van der Waals surface area contributed by atoms with E-state index in [9.17, 15) is 13.2 Å². The molecule has 3 rings (SSSR count). The van der Waals surface area contributed by atoms with Gasteiger partial charge in [0.1, 0.15) is 11.6 Å². The Bertz CT molecular complexity index is 795. The molecule has 1 fully saturated rings. The molecule has 0 saturated heterocycles. The van der Waals surface area contributed by atoms with Crippen LogP contribution in [0.1, 0.15) is 37.8 Å². The summed E-state index contributed by atoms with van der Waals surface area (Å²) in [5.41, 5.74) is -0.597. The van der Waals surface area contributed by atoms with Gasteiger partial charge in [-0.1, -0.05) is 30.9 Å². The van der Waals surface area contributed by atoms with E-state index in [-0.39, 0.29) is 17.8 Å². The van der Waals surface area contributed by atoms with E-state index in [4.69, 9.17) is 16.3 Å². The van der Waals surface area contributed by atoms with Gasteiger partial charge in [-0.25, -0.2) is 4.98 Å². The van der Waals surface area contributed by atoms with Gasteiger partial charge in [0.15, 0.2) is 5.69 Å². The van der Waals surface area contributed by atoms with Crippen LogP contribution < -0.4 is 15.4 Å². The second kappa shape index (κ2) is 8.21. The highest BCUT2D eigenvalue weighted by Gasteiger charge is 2.34. The van der Waals surface area contributed by atoms with Crippen molar-refractivity contribution in [2.75, 3.05) is 17.7 Å². The third-order valence-corrected chi connectivity index (χ3v) is 4.61. The summed E-state index contributed by atoms with van der Waals surface area (Å²) in [5.74, 6) is 0.407. The molecular formula is C18H20ClF3N4O. The van der Waals surface area contributed by atoms with Crippen molar-refractivity contribution in [3.63, 3.8) is 0 Å². The van der Waals surface area contributed by atoms with Crippen molar-refractivity contribution in [2.45, 2.75) is 44.3 Å². The van der Waals surface area contributed by atoms with Gasteiger partial charge in [0.25, 0.3) is 0 Å². The highest BCUT2D eigenvalue weighted by atomic mass is 35.5. The number of methoxy groups -OCH3 is 1. The van der Waals surface area contributed by atoms with Crippen LogP contribution in [0.4, 0.5) is 30.6 Å². The Labute approximate surface area is 160 Å². The summed E-state index contributed by atoms with van der Waals surface area (Å²) in [7, 11) is 1.46. The summed E-state index contributed by atoms with van der Waals surface area (Å²) >= 11 is 5.98. The molecule has 1 aliphatic carbocycles. The number of halogens is 4. The molecule has 1 aromatic heterocycles. The quantitative estimate of drug-likeness (QED) is 0.679. The van der Waals surface area contributed by atoms with Crippen molar-refractivity contribution in [2.24, 2.45) is 0 Å². The van der Waals surface area contributed by atoms with Crippen molar-refractivity contribution >= 4 is 29.1 Å². The molecule has 1 saturated carbocycles. The summed E-state index contributed by atoms with van der Waals surface area (Å²) in [6, 6.07) is 5.76. The molecule has 2 N–H and O–H groups in total. The Morgan fingerprint density at radius 1 is 1.11 bits per heavy atom. The van der Waals surface area contributed by atoms with E-state index in [0.29, 0.717) is 16.5 Å². The molecular weight excluding hydrogens is 381 g/mol. The van der Waals surface area contributed by atoms with Gasteiger partial charge >= 0.3 is 6.18 Å². The number of anilines is 3. The van der Waals surface area contributed by atoms with Gasteiger partial charge in [-0.15, -0.1) is 0 Å². The Kier molecular flexibility index (Phi) is 5.94. The molecule has 5 nitrogen and oxygen atoms in total. The third-order valence-electron chi connectivity index (χ3n) is 4.38. The minimum absolute atomic E-state index is 0.0104. The molecule has 1 aromatic carbocycles.